The molecular formula is C12H8ClF3N2O3. The zero-order valence-corrected chi connectivity index (χ0v) is 11.3. The fraction of sp³-hybridized carbons (Fsp3) is 0.250. The lowest BCUT2D eigenvalue weighted by molar-refractivity contribution is -0.327. The smallest absolute Gasteiger partial charge is 0.294 e. The number of alkyl halides is 3. The van der Waals surface area contributed by atoms with E-state index in [1.165, 1.54) is 12.3 Å². The first-order valence-corrected chi connectivity index (χ1v) is 6.03. The van der Waals surface area contributed by atoms with Gasteiger partial charge in [-0.1, -0.05) is 11.6 Å². The van der Waals surface area contributed by atoms with E-state index in [-0.39, 0.29) is 39.2 Å². The zero-order valence-electron chi connectivity index (χ0n) is 10.6. The highest BCUT2D eigenvalue weighted by atomic mass is 35.5. The number of ketones is 1. The molecule has 0 aromatic heterocycles. The fourth-order valence-corrected chi connectivity index (χ4v) is 2.07. The second-order valence-electron chi connectivity index (χ2n) is 4.08. The summed E-state index contributed by atoms with van der Waals surface area (Å²) in [6.07, 6.45) is -3.69. The Morgan fingerprint density at radius 2 is 2.10 bits per heavy atom. The molecule has 1 heterocycles. The van der Waals surface area contributed by atoms with Crippen LogP contribution in [-0.2, 0) is 9.63 Å². The number of amides is 1. The second kappa shape index (κ2) is 5.45. The Morgan fingerprint density at radius 3 is 2.67 bits per heavy atom. The van der Waals surface area contributed by atoms with Gasteiger partial charge in [0.15, 0.2) is 5.78 Å². The highest BCUT2D eigenvalue weighted by Crippen LogP contribution is 2.40. The first-order chi connectivity index (χ1) is 9.70. The SMILES string of the molecule is CC(=O)N(OC(F)(F)F)c1ccc2c(c1Cl)N=CCC2=O. The van der Waals surface area contributed by atoms with Crippen LogP contribution in [0.5, 0.6) is 0 Å². The first kappa shape index (κ1) is 15.5. The molecule has 1 aromatic carbocycles. The summed E-state index contributed by atoms with van der Waals surface area (Å²) in [4.78, 5) is 30.5. The zero-order chi connectivity index (χ0) is 15.8. The van der Waals surface area contributed by atoms with Gasteiger partial charge in [0.1, 0.15) is 0 Å². The van der Waals surface area contributed by atoms with Crippen LogP contribution in [0.25, 0.3) is 0 Å². The molecule has 0 saturated heterocycles. The Balaban J connectivity index is 2.51. The van der Waals surface area contributed by atoms with E-state index in [1.54, 1.807) is 0 Å². The van der Waals surface area contributed by atoms with Gasteiger partial charge in [0.2, 0.25) is 5.91 Å². The maximum Gasteiger partial charge on any atom is 0.544 e. The molecule has 112 valence electrons. The van der Waals surface area contributed by atoms with E-state index < -0.39 is 12.3 Å². The van der Waals surface area contributed by atoms with E-state index >= 15 is 0 Å². The summed E-state index contributed by atoms with van der Waals surface area (Å²) in [5.41, 5.74) is -0.142. The van der Waals surface area contributed by atoms with Gasteiger partial charge in [-0.25, -0.2) is 0 Å². The number of nitrogens with zero attached hydrogens (tertiary/aromatic N) is 2. The van der Waals surface area contributed by atoms with Crippen molar-refractivity contribution in [3.05, 3.63) is 22.7 Å². The number of anilines is 1. The molecular weight excluding hydrogens is 313 g/mol. The van der Waals surface area contributed by atoms with Gasteiger partial charge < -0.3 is 0 Å². The molecule has 9 heteroatoms. The number of fused-ring (bicyclic) bond motifs is 1. The Hall–Kier alpha value is -1.93. The van der Waals surface area contributed by atoms with Crippen LogP contribution in [0.15, 0.2) is 17.1 Å². The Bertz CT molecular complexity index is 643. The number of benzene rings is 1. The van der Waals surface area contributed by atoms with Crippen LogP contribution in [-0.4, -0.2) is 24.3 Å². The third-order valence-electron chi connectivity index (χ3n) is 2.59. The topological polar surface area (TPSA) is 59.0 Å². The van der Waals surface area contributed by atoms with Crippen molar-refractivity contribution < 1.29 is 27.6 Å². The molecule has 1 amide bonds. The quantitative estimate of drug-likeness (QED) is 0.784. The lowest BCUT2D eigenvalue weighted by atomic mass is 10.0. The third-order valence-corrected chi connectivity index (χ3v) is 2.97. The van der Waals surface area contributed by atoms with Crippen LogP contribution < -0.4 is 5.06 Å². The minimum Gasteiger partial charge on any atom is -0.294 e. The van der Waals surface area contributed by atoms with Crippen LogP contribution >= 0.6 is 11.6 Å². The molecule has 0 saturated carbocycles. The molecule has 1 aliphatic heterocycles. The number of halogens is 4. The summed E-state index contributed by atoms with van der Waals surface area (Å²) >= 11 is 5.95. The number of Topliss-reactive ketones (excluding diaryl/α,β-unsaturated/α-hetero) is 1. The minimum absolute atomic E-state index is 0.0111. The standard InChI is InChI=1S/C12H8ClF3N2O3/c1-6(19)18(21-12(14,15)16)8-3-2-7-9(20)4-5-17-11(7)10(8)13/h2-3,5H,4H2,1H3. The normalized spacial score (nSPS) is 14.0. The molecule has 0 bridgehead atoms. The number of hydrogen-bond acceptors (Lipinski definition) is 4. The van der Waals surface area contributed by atoms with E-state index in [1.807, 2.05) is 0 Å². The van der Waals surface area contributed by atoms with E-state index in [0.29, 0.717) is 0 Å². The van der Waals surface area contributed by atoms with Crippen molar-refractivity contribution in [2.24, 2.45) is 4.99 Å². The largest absolute Gasteiger partial charge is 0.544 e. The van der Waals surface area contributed by atoms with E-state index in [4.69, 9.17) is 11.6 Å². The lowest BCUT2D eigenvalue weighted by Crippen LogP contribution is -2.35. The molecule has 2 rings (SSSR count). The first-order valence-electron chi connectivity index (χ1n) is 5.65. The number of hydroxylamine groups is 1. The van der Waals surface area contributed by atoms with Crippen molar-refractivity contribution in [3.8, 4) is 0 Å². The van der Waals surface area contributed by atoms with Crippen LogP contribution in [0.3, 0.4) is 0 Å². The lowest BCUT2D eigenvalue weighted by Gasteiger charge is -2.23. The van der Waals surface area contributed by atoms with Gasteiger partial charge in [-0.3, -0.25) is 14.6 Å². The van der Waals surface area contributed by atoms with Gasteiger partial charge >= 0.3 is 6.36 Å². The Morgan fingerprint density at radius 1 is 1.43 bits per heavy atom. The molecule has 0 radical (unpaired) electrons. The number of rotatable bonds is 2. The van der Waals surface area contributed by atoms with Crippen LogP contribution in [0.4, 0.5) is 24.5 Å². The van der Waals surface area contributed by atoms with Crippen molar-refractivity contribution in [1.29, 1.82) is 0 Å². The monoisotopic (exact) mass is 320 g/mol. The summed E-state index contributed by atoms with van der Waals surface area (Å²) in [5.74, 6) is -1.29. The molecule has 0 N–H and O–H groups in total. The summed E-state index contributed by atoms with van der Waals surface area (Å²) in [6.45, 7) is 0.885. The van der Waals surface area contributed by atoms with Crippen molar-refractivity contribution in [3.63, 3.8) is 0 Å². The van der Waals surface area contributed by atoms with E-state index in [2.05, 4.69) is 9.83 Å². The number of hydrogen-bond donors (Lipinski definition) is 0. The van der Waals surface area contributed by atoms with Crippen molar-refractivity contribution in [1.82, 2.24) is 0 Å². The number of carbonyl (C=O) groups excluding carboxylic acids is 2. The molecule has 21 heavy (non-hydrogen) atoms. The molecule has 5 nitrogen and oxygen atoms in total. The minimum atomic E-state index is -5.07. The van der Waals surface area contributed by atoms with Gasteiger partial charge in [-0.2, -0.15) is 9.90 Å². The highest BCUT2D eigenvalue weighted by molar-refractivity contribution is 6.37. The summed E-state index contributed by atoms with van der Waals surface area (Å²) in [5, 5.41) is -0.256. The predicted molar refractivity (Wildman–Crippen MR) is 68.9 cm³/mol. The maximum absolute atomic E-state index is 12.3. The van der Waals surface area contributed by atoms with Crippen molar-refractivity contribution in [2.75, 3.05) is 5.06 Å². The van der Waals surface area contributed by atoms with Crippen molar-refractivity contribution in [2.45, 2.75) is 19.7 Å². The molecule has 0 aliphatic carbocycles. The van der Waals surface area contributed by atoms with Gasteiger partial charge in [0.25, 0.3) is 0 Å². The van der Waals surface area contributed by atoms with Gasteiger partial charge in [-0.15, -0.1) is 13.2 Å². The average Bonchev–Trinajstić information content (AvgIpc) is 2.37. The third kappa shape index (κ3) is 3.22. The van der Waals surface area contributed by atoms with Crippen molar-refractivity contribution >= 4 is 40.9 Å². The van der Waals surface area contributed by atoms with Gasteiger partial charge in [0.05, 0.1) is 16.4 Å². The van der Waals surface area contributed by atoms with E-state index in [9.17, 15) is 22.8 Å². The molecule has 0 fully saturated rings. The molecule has 1 aliphatic rings. The summed E-state index contributed by atoms with van der Waals surface area (Å²) in [6, 6.07) is 2.36. The van der Waals surface area contributed by atoms with Crippen LogP contribution in [0.1, 0.15) is 23.7 Å². The van der Waals surface area contributed by atoms with Gasteiger partial charge in [0, 0.05) is 25.1 Å². The average molecular weight is 321 g/mol. The Kier molecular flexibility index (Phi) is 4.02. The molecule has 0 spiro atoms. The summed E-state index contributed by atoms with van der Waals surface area (Å²) in [7, 11) is 0. The molecule has 0 unspecified atom stereocenters. The number of carbonyl (C=O) groups is 2. The molecule has 0 atom stereocenters. The van der Waals surface area contributed by atoms with Crippen LogP contribution in [0, 0.1) is 0 Å². The second-order valence-corrected chi connectivity index (χ2v) is 4.46. The number of aliphatic imine (C=N–C) groups is 1. The predicted octanol–water partition coefficient (Wildman–Crippen LogP) is 3.43. The Labute approximate surface area is 121 Å². The highest BCUT2D eigenvalue weighted by Gasteiger charge is 2.36. The van der Waals surface area contributed by atoms with E-state index in [0.717, 1.165) is 13.0 Å². The fourth-order valence-electron chi connectivity index (χ4n) is 1.78. The molecule has 1 aromatic rings. The van der Waals surface area contributed by atoms with Crippen LogP contribution in [0.2, 0.25) is 5.02 Å². The maximum atomic E-state index is 12.3. The summed E-state index contributed by atoms with van der Waals surface area (Å²) < 4.78 is 37.0. The van der Waals surface area contributed by atoms with Gasteiger partial charge in [-0.05, 0) is 12.1 Å².